The molecule has 3 rings (SSSR count). The molecule has 0 spiro atoms. The maximum Gasteiger partial charge on any atom is 0.256 e. The Hall–Kier alpha value is -2.77. The molecule has 2 aromatic carbocycles. The molecule has 0 saturated heterocycles. The van der Waals surface area contributed by atoms with Gasteiger partial charge >= 0.3 is 0 Å². The van der Waals surface area contributed by atoms with Crippen LogP contribution in [0.1, 0.15) is 30.6 Å². The number of carbonyl (C=O) groups is 1. The summed E-state index contributed by atoms with van der Waals surface area (Å²) in [6.45, 7) is 3.71. The van der Waals surface area contributed by atoms with Crippen molar-refractivity contribution in [2.24, 2.45) is 0 Å². The first kappa shape index (κ1) is 19.0. The van der Waals surface area contributed by atoms with Crippen molar-refractivity contribution < 1.29 is 13.2 Å². The van der Waals surface area contributed by atoms with E-state index in [4.69, 9.17) is 0 Å². The molecule has 6 nitrogen and oxygen atoms in total. The third-order valence-electron chi connectivity index (χ3n) is 4.24. The predicted octanol–water partition coefficient (Wildman–Crippen LogP) is 3.56. The number of fused-ring (bicyclic) bond motifs is 1. The number of aromatic nitrogens is 1. The zero-order valence-corrected chi connectivity index (χ0v) is 16.0. The molecule has 140 valence electrons. The molecule has 0 fully saturated rings. The molecule has 0 aliphatic heterocycles. The fourth-order valence-corrected chi connectivity index (χ4v) is 3.85. The van der Waals surface area contributed by atoms with Crippen LogP contribution in [0, 0.1) is 0 Å². The molecule has 0 bridgehead atoms. The lowest BCUT2D eigenvalue weighted by Crippen LogP contribution is -2.32. The van der Waals surface area contributed by atoms with Crippen molar-refractivity contribution in [2.75, 3.05) is 5.32 Å². The molecule has 1 heterocycles. The molecule has 1 aromatic heterocycles. The highest BCUT2D eigenvalue weighted by molar-refractivity contribution is 7.89. The number of carbonyl (C=O) groups excluding carboxylic acids is 1. The van der Waals surface area contributed by atoms with Crippen LogP contribution in [0.5, 0.6) is 0 Å². The van der Waals surface area contributed by atoms with Gasteiger partial charge in [-0.15, -0.1) is 0 Å². The minimum atomic E-state index is -3.59. The lowest BCUT2D eigenvalue weighted by atomic mass is 10.2. The first-order chi connectivity index (χ1) is 12.9. The van der Waals surface area contributed by atoms with Crippen LogP contribution in [-0.2, 0) is 10.0 Å². The molecule has 1 amide bonds. The third kappa shape index (κ3) is 4.50. The maximum atomic E-state index is 12.4. The second-order valence-corrected chi connectivity index (χ2v) is 8.01. The molecule has 0 aliphatic rings. The Morgan fingerprint density at radius 2 is 1.74 bits per heavy atom. The van der Waals surface area contributed by atoms with E-state index < -0.39 is 10.0 Å². The van der Waals surface area contributed by atoms with E-state index in [0.717, 1.165) is 10.9 Å². The third-order valence-corrected chi connectivity index (χ3v) is 5.84. The van der Waals surface area contributed by atoms with Gasteiger partial charge in [0.15, 0.2) is 0 Å². The molecule has 0 unspecified atom stereocenters. The number of para-hydroxylation sites is 1. The number of nitrogens with one attached hydrogen (secondary N) is 2. The van der Waals surface area contributed by atoms with Gasteiger partial charge in [0.2, 0.25) is 10.0 Å². The van der Waals surface area contributed by atoms with E-state index in [-0.39, 0.29) is 16.8 Å². The minimum Gasteiger partial charge on any atom is -0.307 e. The molecule has 1 atom stereocenters. The summed E-state index contributed by atoms with van der Waals surface area (Å²) >= 11 is 0. The SMILES string of the molecule is CC[C@@H](C)NS(=O)(=O)c1ccc(C(=O)Nc2ccc3ccccc3n2)cc1. The van der Waals surface area contributed by atoms with Crippen LogP contribution < -0.4 is 10.0 Å². The summed E-state index contributed by atoms with van der Waals surface area (Å²) in [5, 5.41) is 3.72. The standard InChI is InChI=1S/C20H21N3O3S/c1-3-14(2)23-27(25,26)17-11-8-16(9-12-17)20(24)22-19-13-10-15-6-4-5-7-18(15)21-19/h4-14,23H,3H2,1-2H3,(H,21,22,24)/t14-/m1/s1. The Bertz CT molecular complexity index is 1060. The zero-order valence-electron chi connectivity index (χ0n) is 15.1. The number of nitrogens with zero attached hydrogens (tertiary/aromatic N) is 1. The largest absolute Gasteiger partial charge is 0.307 e. The molecule has 0 saturated carbocycles. The number of anilines is 1. The number of benzene rings is 2. The quantitative estimate of drug-likeness (QED) is 0.681. The van der Waals surface area contributed by atoms with E-state index in [1.165, 1.54) is 24.3 Å². The summed E-state index contributed by atoms with van der Waals surface area (Å²) < 4.78 is 27.1. The van der Waals surface area contributed by atoms with Crippen molar-refractivity contribution in [3.8, 4) is 0 Å². The average Bonchev–Trinajstić information content (AvgIpc) is 2.67. The summed E-state index contributed by atoms with van der Waals surface area (Å²) in [7, 11) is -3.59. The molecule has 7 heteroatoms. The maximum absolute atomic E-state index is 12.4. The van der Waals surface area contributed by atoms with Crippen molar-refractivity contribution in [1.82, 2.24) is 9.71 Å². The number of sulfonamides is 1. The van der Waals surface area contributed by atoms with Crippen LogP contribution in [0.15, 0.2) is 65.6 Å². The van der Waals surface area contributed by atoms with Crippen LogP contribution in [0.2, 0.25) is 0 Å². The van der Waals surface area contributed by atoms with Crippen LogP contribution in [0.25, 0.3) is 10.9 Å². The van der Waals surface area contributed by atoms with Crippen LogP contribution >= 0.6 is 0 Å². The summed E-state index contributed by atoms with van der Waals surface area (Å²) in [6, 6.07) is 16.9. The van der Waals surface area contributed by atoms with Gasteiger partial charge < -0.3 is 5.32 Å². The molecule has 27 heavy (non-hydrogen) atoms. The van der Waals surface area contributed by atoms with Gasteiger partial charge in [0, 0.05) is 17.0 Å². The van der Waals surface area contributed by atoms with Crippen molar-refractivity contribution in [3.63, 3.8) is 0 Å². The van der Waals surface area contributed by atoms with Crippen LogP contribution in [-0.4, -0.2) is 25.4 Å². The number of rotatable bonds is 6. The van der Waals surface area contributed by atoms with Gasteiger partial charge in [-0.3, -0.25) is 4.79 Å². The van der Waals surface area contributed by atoms with Gasteiger partial charge in [-0.2, -0.15) is 0 Å². The summed E-state index contributed by atoms with van der Waals surface area (Å²) in [6.07, 6.45) is 0.693. The summed E-state index contributed by atoms with van der Waals surface area (Å²) in [5.74, 6) is 0.0884. The van der Waals surface area contributed by atoms with Crippen LogP contribution in [0.3, 0.4) is 0 Å². The fourth-order valence-electron chi connectivity index (χ4n) is 2.53. The van der Waals surface area contributed by atoms with Gasteiger partial charge in [-0.25, -0.2) is 18.1 Å². The Morgan fingerprint density at radius 1 is 1.04 bits per heavy atom. The number of amides is 1. The lowest BCUT2D eigenvalue weighted by molar-refractivity contribution is 0.102. The second kappa shape index (κ2) is 7.85. The zero-order chi connectivity index (χ0) is 19.4. The molecule has 2 N–H and O–H groups in total. The van der Waals surface area contributed by atoms with E-state index in [9.17, 15) is 13.2 Å². The van der Waals surface area contributed by atoms with Gasteiger partial charge in [0.25, 0.3) is 5.91 Å². The molecule has 0 radical (unpaired) electrons. The fraction of sp³-hybridized carbons (Fsp3) is 0.200. The van der Waals surface area contributed by atoms with E-state index in [1.807, 2.05) is 37.3 Å². The number of hydrogen-bond acceptors (Lipinski definition) is 4. The first-order valence-electron chi connectivity index (χ1n) is 8.68. The summed E-state index contributed by atoms with van der Waals surface area (Å²) in [5.41, 5.74) is 1.14. The van der Waals surface area contributed by atoms with Crippen LogP contribution in [0.4, 0.5) is 5.82 Å². The average molecular weight is 383 g/mol. The number of hydrogen-bond donors (Lipinski definition) is 2. The van der Waals surface area contributed by atoms with Gasteiger partial charge in [0.05, 0.1) is 10.4 Å². The second-order valence-electron chi connectivity index (χ2n) is 6.30. The summed E-state index contributed by atoms with van der Waals surface area (Å²) in [4.78, 5) is 16.9. The van der Waals surface area contributed by atoms with Gasteiger partial charge in [-0.05, 0) is 55.8 Å². The van der Waals surface area contributed by atoms with Gasteiger partial charge in [0.1, 0.15) is 5.82 Å². The molecule has 0 aliphatic carbocycles. The van der Waals surface area contributed by atoms with Crippen molar-refractivity contribution in [1.29, 1.82) is 0 Å². The van der Waals surface area contributed by atoms with E-state index in [0.29, 0.717) is 17.8 Å². The Morgan fingerprint density at radius 3 is 2.44 bits per heavy atom. The topological polar surface area (TPSA) is 88.2 Å². The smallest absolute Gasteiger partial charge is 0.256 e. The number of pyridine rings is 1. The molecular formula is C20H21N3O3S. The van der Waals surface area contributed by atoms with Crippen molar-refractivity contribution in [2.45, 2.75) is 31.2 Å². The molecular weight excluding hydrogens is 362 g/mol. The predicted molar refractivity (Wildman–Crippen MR) is 106 cm³/mol. The minimum absolute atomic E-state index is 0.128. The highest BCUT2D eigenvalue weighted by Gasteiger charge is 2.17. The Balaban J connectivity index is 1.75. The normalized spacial score (nSPS) is 12.7. The Labute approximate surface area is 158 Å². The van der Waals surface area contributed by atoms with Crippen molar-refractivity contribution >= 4 is 32.7 Å². The monoisotopic (exact) mass is 383 g/mol. The lowest BCUT2D eigenvalue weighted by Gasteiger charge is -2.12. The van der Waals surface area contributed by atoms with E-state index >= 15 is 0 Å². The van der Waals surface area contributed by atoms with Gasteiger partial charge in [-0.1, -0.05) is 25.1 Å². The molecule has 3 aromatic rings. The Kier molecular flexibility index (Phi) is 5.53. The highest BCUT2D eigenvalue weighted by atomic mass is 32.2. The highest BCUT2D eigenvalue weighted by Crippen LogP contribution is 2.16. The van der Waals surface area contributed by atoms with E-state index in [2.05, 4.69) is 15.0 Å². The van der Waals surface area contributed by atoms with Crippen molar-refractivity contribution in [3.05, 3.63) is 66.2 Å². The first-order valence-corrected chi connectivity index (χ1v) is 10.2. The van der Waals surface area contributed by atoms with E-state index in [1.54, 1.807) is 13.0 Å².